The summed E-state index contributed by atoms with van der Waals surface area (Å²) in [5.41, 5.74) is 5.54. The molecule has 0 aliphatic rings. The third-order valence-corrected chi connectivity index (χ3v) is 6.01. The Kier molecular flexibility index (Phi) is 4.80. The van der Waals surface area contributed by atoms with E-state index in [1.165, 1.54) is 10.8 Å². The lowest BCUT2D eigenvalue weighted by atomic mass is 10.1. The normalized spacial score (nSPS) is 11.1. The van der Waals surface area contributed by atoms with Crippen LogP contribution in [0, 0.1) is 11.3 Å². The van der Waals surface area contributed by atoms with Crippen molar-refractivity contribution in [3.05, 3.63) is 108 Å². The van der Waals surface area contributed by atoms with Crippen LogP contribution in [-0.4, -0.2) is 19.5 Å². The van der Waals surface area contributed by atoms with E-state index in [9.17, 15) is 0 Å². The predicted molar refractivity (Wildman–Crippen MR) is 135 cm³/mol. The molecular weight excluding hydrogens is 442 g/mol. The second-order valence-electron chi connectivity index (χ2n) is 7.86. The highest BCUT2D eigenvalue weighted by atomic mass is 35.5. The Hall–Kier alpha value is -4.53. The molecule has 0 N–H and O–H groups in total. The Morgan fingerprint density at radius 3 is 1.65 bits per heavy atom. The molecule has 6 heteroatoms. The molecule has 6 rings (SSSR count). The first-order valence-corrected chi connectivity index (χ1v) is 11.1. The average Bonchev–Trinajstić information content (AvgIpc) is 3.23. The summed E-state index contributed by atoms with van der Waals surface area (Å²) in [5.74, 6) is 0.957. The third-order valence-electron chi connectivity index (χ3n) is 5.84. The summed E-state index contributed by atoms with van der Waals surface area (Å²) in [6.07, 6.45) is 0. The van der Waals surface area contributed by atoms with Gasteiger partial charge >= 0.3 is 0 Å². The first-order valence-electron chi connectivity index (χ1n) is 10.7. The van der Waals surface area contributed by atoms with Crippen molar-refractivity contribution < 1.29 is 0 Å². The number of aromatic nitrogens is 4. The number of fused-ring (bicyclic) bond motifs is 3. The van der Waals surface area contributed by atoms with Crippen molar-refractivity contribution in [2.45, 2.75) is 0 Å². The molecule has 0 amide bonds. The Labute approximate surface area is 200 Å². The molecule has 0 spiro atoms. The number of hydrogen-bond donors (Lipinski definition) is 0. The Morgan fingerprint density at radius 2 is 1.12 bits per heavy atom. The van der Waals surface area contributed by atoms with Crippen LogP contribution < -0.4 is 0 Å². The molecule has 4 aromatic carbocycles. The minimum absolute atomic E-state index is 0.121. The number of nitriles is 1. The zero-order chi connectivity index (χ0) is 23.1. The maximum atomic E-state index is 9.03. The molecule has 5 nitrogen and oxygen atoms in total. The quantitative estimate of drug-likeness (QED) is 0.292. The molecule has 160 valence electrons. The van der Waals surface area contributed by atoms with Crippen molar-refractivity contribution >= 4 is 33.4 Å². The van der Waals surface area contributed by atoms with Gasteiger partial charge in [-0.1, -0.05) is 36.4 Å². The summed E-state index contributed by atoms with van der Waals surface area (Å²) < 4.78 is 2.26. The van der Waals surface area contributed by atoms with Crippen molar-refractivity contribution in [1.29, 1.82) is 5.26 Å². The molecule has 0 aliphatic heterocycles. The second kappa shape index (κ2) is 8.11. The summed E-state index contributed by atoms with van der Waals surface area (Å²) >= 11 is 6.23. The van der Waals surface area contributed by atoms with Gasteiger partial charge < -0.3 is 4.57 Å². The summed E-state index contributed by atoms with van der Waals surface area (Å²) in [4.78, 5) is 13.2. The van der Waals surface area contributed by atoms with Crippen LogP contribution in [0.3, 0.4) is 0 Å². The van der Waals surface area contributed by atoms with Gasteiger partial charge in [0.2, 0.25) is 5.28 Å². The second-order valence-corrected chi connectivity index (χ2v) is 8.20. The van der Waals surface area contributed by atoms with E-state index in [1.807, 2.05) is 12.1 Å². The molecule has 0 bridgehead atoms. The highest BCUT2D eigenvalue weighted by Gasteiger charge is 2.13. The fourth-order valence-electron chi connectivity index (χ4n) is 4.26. The van der Waals surface area contributed by atoms with Crippen LogP contribution in [0.5, 0.6) is 0 Å². The topological polar surface area (TPSA) is 67.4 Å². The smallest absolute Gasteiger partial charge is 0.226 e. The number of halogens is 1. The van der Waals surface area contributed by atoms with Gasteiger partial charge in [0.25, 0.3) is 0 Å². The van der Waals surface area contributed by atoms with Crippen molar-refractivity contribution in [3.8, 4) is 34.5 Å². The molecule has 2 aromatic heterocycles. The van der Waals surface area contributed by atoms with Crippen molar-refractivity contribution in [3.63, 3.8) is 0 Å². The molecule has 0 fully saturated rings. The first-order chi connectivity index (χ1) is 16.7. The number of nitrogens with zero attached hydrogens (tertiary/aromatic N) is 5. The number of rotatable bonds is 3. The van der Waals surface area contributed by atoms with E-state index >= 15 is 0 Å². The number of hydrogen-bond acceptors (Lipinski definition) is 4. The van der Waals surface area contributed by atoms with E-state index in [-0.39, 0.29) is 5.28 Å². The lowest BCUT2D eigenvalue weighted by Crippen LogP contribution is -1.98. The van der Waals surface area contributed by atoms with Gasteiger partial charge in [0.1, 0.15) is 0 Å². The van der Waals surface area contributed by atoms with Crippen LogP contribution in [0.15, 0.2) is 97.1 Å². The first kappa shape index (κ1) is 20.1. The van der Waals surface area contributed by atoms with Gasteiger partial charge in [-0.25, -0.2) is 4.98 Å². The highest BCUT2D eigenvalue weighted by molar-refractivity contribution is 6.28. The van der Waals surface area contributed by atoms with E-state index in [0.29, 0.717) is 17.2 Å². The minimum Gasteiger partial charge on any atom is -0.309 e. The zero-order valence-corrected chi connectivity index (χ0v) is 18.6. The van der Waals surface area contributed by atoms with Gasteiger partial charge in [-0.15, -0.1) is 0 Å². The van der Waals surface area contributed by atoms with Crippen molar-refractivity contribution in [2.24, 2.45) is 0 Å². The van der Waals surface area contributed by atoms with E-state index < -0.39 is 0 Å². The molecule has 0 unspecified atom stereocenters. The number of para-hydroxylation sites is 2. The minimum atomic E-state index is 0.121. The largest absolute Gasteiger partial charge is 0.309 e. The van der Waals surface area contributed by atoms with Crippen LogP contribution >= 0.6 is 11.6 Å². The molecule has 2 heterocycles. The van der Waals surface area contributed by atoms with Crippen LogP contribution in [0.1, 0.15) is 5.56 Å². The molecule has 6 aromatic rings. The molecule has 0 radical (unpaired) electrons. The van der Waals surface area contributed by atoms with Gasteiger partial charge in [0.05, 0.1) is 22.7 Å². The SMILES string of the molecule is N#Cc1ccc(-c2nc(Cl)nc(-c3ccc(-n4c5ccccc5c5ccccc54)cc3)n2)cc1. The Bertz CT molecular complexity index is 1660. The standard InChI is InChI=1S/C28H16ClN5/c29-28-32-26(19-11-9-18(17-30)10-12-19)31-27(33-28)20-13-15-21(16-14-20)34-24-7-3-1-5-22(24)23-6-2-4-8-25(23)34/h1-16H. The van der Waals surface area contributed by atoms with Gasteiger partial charge in [0, 0.05) is 27.6 Å². The van der Waals surface area contributed by atoms with Gasteiger partial charge in [0.15, 0.2) is 11.6 Å². The van der Waals surface area contributed by atoms with Gasteiger partial charge in [-0.05, 0) is 72.3 Å². The van der Waals surface area contributed by atoms with Crippen LogP contribution in [0.4, 0.5) is 0 Å². The lowest BCUT2D eigenvalue weighted by Gasteiger charge is -2.09. The average molecular weight is 458 g/mol. The molecule has 0 atom stereocenters. The van der Waals surface area contributed by atoms with Crippen molar-refractivity contribution in [2.75, 3.05) is 0 Å². The van der Waals surface area contributed by atoms with E-state index in [4.69, 9.17) is 16.9 Å². The number of benzene rings is 4. The maximum absolute atomic E-state index is 9.03. The zero-order valence-electron chi connectivity index (χ0n) is 17.9. The molecule has 34 heavy (non-hydrogen) atoms. The maximum Gasteiger partial charge on any atom is 0.226 e. The van der Waals surface area contributed by atoms with Crippen LogP contribution in [0.2, 0.25) is 5.28 Å². The lowest BCUT2D eigenvalue weighted by molar-refractivity contribution is 1.06. The van der Waals surface area contributed by atoms with E-state index in [2.05, 4.69) is 86.3 Å². The van der Waals surface area contributed by atoms with Gasteiger partial charge in [-0.2, -0.15) is 15.2 Å². The van der Waals surface area contributed by atoms with Gasteiger partial charge in [-0.3, -0.25) is 0 Å². The fourth-order valence-corrected chi connectivity index (χ4v) is 4.42. The highest BCUT2D eigenvalue weighted by Crippen LogP contribution is 2.32. The summed E-state index contributed by atoms with van der Waals surface area (Å²) in [6, 6.07) is 34.1. The Balaban J connectivity index is 1.43. The molecule has 0 aliphatic carbocycles. The third kappa shape index (κ3) is 3.38. The summed E-state index contributed by atoms with van der Waals surface area (Å²) in [6.45, 7) is 0. The monoisotopic (exact) mass is 457 g/mol. The predicted octanol–water partition coefficient (Wildman–Crippen LogP) is 6.83. The molecular formula is C28H16ClN5. The fraction of sp³-hybridized carbons (Fsp3) is 0. The van der Waals surface area contributed by atoms with E-state index in [1.54, 1.807) is 24.3 Å². The van der Waals surface area contributed by atoms with Crippen LogP contribution in [-0.2, 0) is 0 Å². The van der Waals surface area contributed by atoms with Crippen molar-refractivity contribution in [1.82, 2.24) is 19.5 Å². The summed E-state index contributed by atoms with van der Waals surface area (Å²) in [5, 5.41) is 11.6. The summed E-state index contributed by atoms with van der Waals surface area (Å²) in [7, 11) is 0. The molecule has 0 saturated carbocycles. The van der Waals surface area contributed by atoms with E-state index in [0.717, 1.165) is 27.8 Å². The Morgan fingerprint density at radius 1 is 0.618 bits per heavy atom. The van der Waals surface area contributed by atoms with Crippen LogP contribution in [0.25, 0.3) is 50.3 Å². The molecule has 0 saturated heterocycles.